The third-order valence-corrected chi connectivity index (χ3v) is 2.00. The quantitative estimate of drug-likeness (QED) is 0.624. The van der Waals surface area contributed by atoms with Gasteiger partial charge in [0.25, 0.3) is 0 Å². The van der Waals surface area contributed by atoms with Crippen LogP contribution in [-0.4, -0.2) is 34.5 Å². The van der Waals surface area contributed by atoms with Gasteiger partial charge in [-0.2, -0.15) is 0 Å². The van der Waals surface area contributed by atoms with Gasteiger partial charge in [-0.05, 0) is 19.1 Å². The molecule has 1 rings (SSSR count). The highest BCUT2D eigenvalue weighted by Gasteiger charge is 2.07. The minimum Gasteiger partial charge on any atom is -0.394 e. The first-order valence-electron chi connectivity index (χ1n) is 4.67. The highest BCUT2D eigenvalue weighted by molar-refractivity contribution is 5.07. The van der Waals surface area contributed by atoms with Crippen LogP contribution in [0, 0.1) is 0 Å². The second-order valence-electron chi connectivity index (χ2n) is 3.22. The lowest BCUT2D eigenvalue weighted by Crippen LogP contribution is -2.31. The fourth-order valence-corrected chi connectivity index (χ4v) is 1.11. The largest absolute Gasteiger partial charge is 0.394 e. The molecule has 0 saturated carbocycles. The van der Waals surface area contributed by atoms with Crippen LogP contribution in [0.5, 0.6) is 0 Å². The van der Waals surface area contributed by atoms with Crippen molar-refractivity contribution in [1.82, 2.24) is 10.3 Å². The Hall–Kier alpha value is -0.970. The van der Waals surface area contributed by atoms with Crippen molar-refractivity contribution < 1.29 is 10.2 Å². The molecule has 0 aliphatic rings. The Morgan fingerprint density at radius 2 is 2.29 bits per heavy atom. The molecule has 4 heteroatoms. The van der Waals surface area contributed by atoms with Gasteiger partial charge in [0.1, 0.15) is 0 Å². The molecule has 3 N–H and O–H groups in total. The van der Waals surface area contributed by atoms with Gasteiger partial charge in [0, 0.05) is 18.8 Å². The Labute approximate surface area is 83.6 Å². The third kappa shape index (κ3) is 3.41. The summed E-state index contributed by atoms with van der Waals surface area (Å²) in [4.78, 5) is 4.18. The summed E-state index contributed by atoms with van der Waals surface area (Å²) in [5.74, 6) is 0. The van der Waals surface area contributed by atoms with Crippen molar-refractivity contribution in [1.29, 1.82) is 0 Å². The van der Waals surface area contributed by atoms with Gasteiger partial charge in [0.2, 0.25) is 0 Å². The maximum atomic E-state index is 9.12. The van der Waals surface area contributed by atoms with Crippen LogP contribution >= 0.6 is 0 Å². The van der Waals surface area contributed by atoms with Gasteiger partial charge in [-0.15, -0.1) is 0 Å². The number of aromatic nitrogens is 1. The average Bonchev–Trinajstić information content (AvgIpc) is 2.26. The topological polar surface area (TPSA) is 65.4 Å². The summed E-state index contributed by atoms with van der Waals surface area (Å²) in [6.07, 6.45) is 1.02. The first kappa shape index (κ1) is 11.1. The lowest BCUT2D eigenvalue weighted by Gasteiger charge is -2.15. The molecular weight excluding hydrogens is 180 g/mol. The van der Waals surface area contributed by atoms with Crippen molar-refractivity contribution in [3.8, 4) is 0 Å². The van der Waals surface area contributed by atoms with E-state index in [1.807, 2.05) is 25.1 Å². The Morgan fingerprint density at radius 1 is 1.50 bits per heavy atom. The predicted molar refractivity (Wildman–Crippen MR) is 53.7 cm³/mol. The van der Waals surface area contributed by atoms with Gasteiger partial charge in [-0.25, -0.2) is 0 Å². The molecule has 0 radical (unpaired) electrons. The summed E-state index contributed by atoms with van der Waals surface area (Å²) >= 11 is 0. The summed E-state index contributed by atoms with van der Waals surface area (Å²) in [6.45, 7) is 2.11. The predicted octanol–water partition coefficient (Wildman–Crippen LogP) is 0.0854. The monoisotopic (exact) mass is 196 g/mol. The highest BCUT2D eigenvalue weighted by Crippen LogP contribution is 2.07. The number of rotatable bonds is 5. The first-order chi connectivity index (χ1) is 6.74. The lowest BCUT2D eigenvalue weighted by atomic mass is 10.2. The fourth-order valence-electron chi connectivity index (χ4n) is 1.11. The maximum absolute atomic E-state index is 9.12. The number of nitrogens with zero attached hydrogens (tertiary/aromatic N) is 1. The van der Waals surface area contributed by atoms with E-state index in [0.29, 0.717) is 6.54 Å². The van der Waals surface area contributed by atoms with E-state index in [-0.39, 0.29) is 12.6 Å². The second kappa shape index (κ2) is 5.70. The third-order valence-electron chi connectivity index (χ3n) is 2.00. The molecule has 1 aromatic rings. The van der Waals surface area contributed by atoms with E-state index in [0.717, 1.165) is 5.69 Å². The van der Waals surface area contributed by atoms with Crippen LogP contribution in [-0.2, 0) is 0 Å². The van der Waals surface area contributed by atoms with E-state index in [9.17, 15) is 0 Å². The number of hydrogen-bond acceptors (Lipinski definition) is 4. The number of hydrogen-bond donors (Lipinski definition) is 3. The van der Waals surface area contributed by atoms with Gasteiger partial charge in [-0.3, -0.25) is 4.98 Å². The number of nitrogens with one attached hydrogen (secondary N) is 1. The van der Waals surface area contributed by atoms with Crippen LogP contribution in [0.25, 0.3) is 0 Å². The van der Waals surface area contributed by atoms with Gasteiger partial charge in [0.05, 0.1) is 18.4 Å². The summed E-state index contributed by atoms with van der Waals surface area (Å²) in [6, 6.07) is 5.78. The van der Waals surface area contributed by atoms with E-state index < -0.39 is 6.10 Å². The van der Waals surface area contributed by atoms with Gasteiger partial charge < -0.3 is 15.5 Å². The standard InChI is InChI=1S/C10H16N2O2/c1-8(12-6-9(14)7-13)10-4-2-3-5-11-10/h2-5,8-9,12-14H,6-7H2,1H3/t8-,9?/m0/s1. The lowest BCUT2D eigenvalue weighted by molar-refractivity contribution is 0.0922. The van der Waals surface area contributed by atoms with Crippen molar-refractivity contribution in [3.05, 3.63) is 30.1 Å². The molecule has 0 aliphatic carbocycles. The Bertz CT molecular complexity index is 254. The molecule has 1 heterocycles. The molecule has 1 unspecified atom stereocenters. The highest BCUT2D eigenvalue weighted by atomic mass is 16.3. The SMILES string of the molecule is C[C@H](NCC(O)CO)c1ccccn1. The summed E-state index contributed by atoms with van der Waals surface area (Å²) in [5.41, 5.74) is 0.928. The van der Waals surface area contributed by atoms with Crippen molar-refractivity contribution in [2.75, 3.05) is 13.2 Å². The van der Waals surface area contributed by atoms with Crippen molar-refractivity contribution in [2.24, 2.45) is 0 Å². The molecule has 0 saturated heterocycles. The minimum atomic E-state index is -0.707. The van der Waals surface area contributed by atoms with Gasteiger partial charge >= 0.3 is 0 Å². The Morgan fingerprint density at radius 3 is 2.86 bits per heavy atom. The molecular formula is C10H16N2O2. The zero-order valence-corrected chi connectivity index (χ0v) is 8.22. The molecule has 0 amide bonds. The molecule has 0 spiro atoms. The summed E-state index contributed by atoms with van der Waals surface area (Å²) in [7, 11) is 0. The molecule has 0 aliphatic heterocycles. The molecule has 0 aromatic carbocycles. The molecule has 4 nitrogen and oxygen atoms in total. The van der Waals surface area contributed by atoms with Gasteiger partial charge in [-0.1, -0.05) is 6.07 Å². The number of aliphatic hydroxyl groups is 2. The minimum absolute atomic E-state index is 0.0809. The maximum Gasteiger partial charge on any atom is 0.0895 e. The van der Waals surface area contributed by atoms with Crippen LogP contribution in [0.2, 0.25) is 0 Å². The van der Waals surface area contributed by atoms with E-state index in [1.165, 1.54) is 0 Å². The van der Waals surface area contributed by atoms with Crippen LogP contribution in [0.15, 0.2) is 24.4 Å². The number of pyridine rings is 1. The normalized spacial score (nSPS) is 15.1. The zero-order chi connectivity index (χ0) is 10.4. The van der Waals surface area contributed by atoms with Gasteiger partial charge in [0.15, 0.2) is 0 Å². The molecule has 78 valence electrons. The van der Waals surface area contributed by atoms with Crippen LogP contribution in [0.3, 0.4) is 0 Å². The van der Waals surface area contributed by atoms with E-state index in [2.05, 4.69) is 10.3 Å². The zero-order valence-electron chi connectivity index (χ0n) is 8.22. The van der Waals surface area contributed by atoms with E-state index in [4.69, 9.17) is 10.2 Å². The van der Waals surface area contributed by atoms with Crippen molar-refractivity contribution in [2.45, 2.75) is 19.1 Å². The van der Waals surface area contributed by atoms with Crippen LogP contribution in [0.1, 0.15) is 18.7 Å². The molecule has 0 fully saturated rings. The average molecular weight is 196 g/mol. The summed E-state index contributed by atoms with van der Waals surface area (Å²) in [5, 5.41) is 20.8. The Balaban J connectivity index is 2.39. The second-order valence-corrected chi connectivity index (χ2v) is 3.22. The first-order valence-corrected chi connectivity index (χ1v) is 4.67. The molecule has 1 aromatic heterocycles. The molecule has 0 bridgehead atoms. The number of aliphatic hydroxyl groups excluding tert-OH is 2. The Kier molecular flexibility index (Phi) is 4.52. The molecule has 2 atom stereocenters. The van der Waals surface area contributed by atoms with Crippen LogP contribution in [0.4, 0.5) is 0 Å². The van der Waals surface area contributed by atoms with E-state index in [1.54, 1.807) is 6.20 Å². The summed E-state index contributed by atoms with van der Waals surface area (Å²) < 4.78 is 0. The molecule has 14 heavy (non-hydrogen) atoms. The fraction of sp³-hybridized carbons (Fsp3) is 0.500. The smallest absolute Gasteiger partial charge is 0.0895 e. The van der Waals surface area contributed by atoms with Crippen LogP contribution < -0.4 is 5.32 Å². The van der Waals surface area contributed by atoms with Crippen molar-refractivity contribution >= 4 is 0 Å². The van der Waals surface area contributed by atoms with E-state index >= 15 is 0 Å². The van der Waals surface area contributed by atoms with Crippen molar-refractivity contribution in [3.63, 3.8) is 0 Å².